The molecule has 0 aromatic heterocycles. The Hall–Kier alpha value is -2.37. The molecular weight excluding hydrogens is 352 g/mol. The number of rotatable bonds is 7. The van der Waals surface area contributed by atoms with E-state index in [4.69, 9.17) is 9.47 Å². The molecular formula is C23H30N2O3. The molecule has 5 nitrogen and oxygen atoms in total. The first kappa shape index (κ1) is 20.4. The molecule has 150 valence electrons. The molecule has 28 heavy (non-hydrogen) atoms. The van der Waals surface area contributed by atoms with Gasteiger partial charge in [0.2, 0.25) is 0 Å². The van der Waals surface area contributed by atoms with Crippen molar-refractivity contribution in [1.82, 2.24) is 9.80 Å². The van der Waals surface area contributed by atoms with Crippen molar-refractivity contribution in [3.8, 4) is 0 Å². The van der Waals surface area contributed by atoms with Crippen molar-refractivity contribution in [2.45, 2.75) is 20.4 Å². The Bertz CT molecular complexity index is 744. The van der Waals surface area contributed by atoms with Gasteiger partial charge in [-0.15, -0.1) is 0 Å². The predicted molar refractivity (Wildman–Crippen MR) is 112 cm³/mol. The lowest BCUT2D eigenvalue weighted by atomic mass is 10.0. The van der Waals surface area contributed by atoms with E-state index < -0.39 is 0 Å². The third-order valence-corrected chi connectivity index (χ3v) is 5.04. The minimum absolute atomic E-state index is 0.220. The van der Waals surface area contributed by atoms with Gasteiger partial charge in [-0.05, 0) is 30.5 Å². The number of allylic oxidation sites excluding steroid dienone is 5. The van der Waals surface area contributed by atoms with E-state index in [0.29, 0.717) is 19.7 Å². The van der Waals surface area contributed by atoms with Gasteiger partial charge in [0.25, 0.3) is 0 Å². The number of carbonyl (C=O) groups is 1. The molecule has 1 aromatic rings. The summed E-state index contributed by atoms with van der Waals surface area (Å²) in [6.45, 7) is 10.8. The van der Waals surface area contributed by atoms with Gasteiger partial charge in [-0.3, -0.25) is 4.90 Å². The van der Waals surface area contributed by atoms with E-state index in [-0.39, 0.29) is 6.09 Å². The van der Waals surface area contributed by atoms with Crippen LogP contribution >= 0.6 is 0 Å². The Morgan fingerprint density at radius 1 is 1.00 bits per heavy atom. The Balaban J connectivity index is 1.50. The minimum atomic E-state index is -0.220. The molecule has 0 N–H and O–H groups in total. The number of nitrogens with zero attached hydrogens (tertiary/aromatic N) is 2. The first-order valence-corrected chi connectivity index (χ1v) is 9.93. The molecule has 2 aliphatic heterocycles. The van der Waals surface area contributed by atoms with Crippen LogP contribution in [0.15, 0.2) is 54.1 Å². The molecule has 0 radical (unpaired) electrons. The van der Waals surface area contributed by atoms with Gasteiger partial charge < -0.3 is 14.4 Å². The highest BCUT2D eigenvalue weighted by molar-refractivity contribution is 5.69. The van der Waals surface area contributed by atoms with Crippen LogP contribution in [-0.2, 0) is 16.0 Å². The van der Waals surface area contributed by atoms with E-state index in [1.807, 2.05) is 0 Å². The SMILES string of the molecule is C\C(=C/C=C\C=C(/C)c1ccc(CN2CCOC2=O)cc1)CN1CCOCC1. The second-order valence-corrected chi connectivity index (χ2v) is 7.37. The summed E-state index contributed by atoms with van der Waals surface area (Å²) in [5.41, 5.74) is 4.87. The second-order valence-electron chi connectivity index (χ2n) is 7.37. The second kappa shape index (κ2) is 10.2. The zero-order valence-corrected chi connectivity index (χ0v) is 16.9. The van der Waals surface area contributed by atoms with E-state index in [1.54, 1.807) is 4.90 Å². The Kier molecular flexibility index (Phi) is 7.46. The standard InChI is InChI=1S/C23H30N2O3/c1-19(17-24-11-14-27-15-12-24)5-3-4-6-20(2)22-9-7-21(8-10-22)18-25-13-16-28-23(25)26/h3-10H,11-18H2,1-2H3/b4-3-,19-5+,20-6+. The zero-order chi connectivity index (χ0) is 19.8. The highest BCUT2D eigenvalue weighted by Crippen LogP contribution is 2.17. The Labute approximate surface area is 167 Å². The van der Waals surface area contributed by atoms with Gasteiger partial charge in [-0.25, -0.2) is 4.79 Å². The van der Waals surface area contributed by atoms with Crippen molar-refractivity contribution in [2.24, 2.45) is 0 Å². The van der Waals surface area contributed by atoms with Gasteiger partial charge in [0.15, 0.2) is 0 Å². The largest absolute Gasteiger partial charge is 0.448 e. The summed E-state index contributed by atoms with van der Waals surface area (Å²) in [5, 5.41) is 0. The maximum Gasteiger partial charge on any atom is 0.410 e. The fourth-order valence-corrected chi connectivity index (χ4v) is 3.34. The van der Waals surface area contributed by atoms with Crippen molar-refractivity contribution in [2.75, 3.05) is 46.0 Å². The van der Waals surface area contributed by atoms with Crippen LogP contribution in [0.2, 0.25) is 0 Å². The van der Waals surface area contributed by atoms with Gasteiger partial charge in [-0.2, -0.15) is 0 Å². The number of amides is 1. The first-order valence-electron chi connectivity index (χ1n) is 9.93. The summed E-state index contributed by atoms with van der Waals surface area (Å²) in [4.78, 5) is 15.7. The van der Waals surface area contributed by atoms with Crippen molar-refractivity contribution >= 4 is 11.7 Å². The lowest BCUT2D eigenvalue weighted by Crippen LogP contribution is -2.37. The number of hydrogen-bond acceptors (Lipinski definition) is 4. The van der Waals surface area contributed by atoms with Crippen LogP contribution in [0.3, 0.4) is 0 Å². The molecule has 0 saturated carbocycles. The number of cyclic esters (lactones) is 1. The lowest BCUT2D eigenvalue weighted by molar-refractivity contribution is 0.0423. The number of benzene rings is 1. The van der Waals surface area contributed by atoms with Gasteiger partial charge in [0.1, 0.15) is 6.61 Å². The summed E-state index contributed by atoms with van der Waals surface area (Å²) in [6, 6.07) is 8.37. The van der Waals surface area contributed by atoms with Crippen molar-refractivity contribution < 1.29 is 14.3 Å². The maximum absolute atomic E-state index is 11.5. The molecule has 2 saturated heterocycles. The predicted octanol–water partition coefficient (Wildman–Crippen LogP) is 3.88. The van der Waals surface area contributed by atoms with E-state index >= 15 is 0 Å². The first-order chi connectivity index (χ1) is 13.6. The highest BCUT2D eigenvalue weighted by atomic mass is 16.6. The molecule has 1 aromatic carbocycles. The molecule has 5 heteroatoms. The Morgan fingerprint density at radius 3 is 2.39 bits per heavy atom. The molecule has 2 heterocycles. The molecule has 2 aliphatic rings. The lowest BCUT2D eigenvalue weighted by Gasteiger charge is -2.26. The van der Waals surface area contributed by atoms with E-state index in [1.165, 1.54) is 16.7 Å². The van der Waals surface area contributed by atoms with Crippen LogP contribution in [0.5, 0.6) is 0 Å². The molecule has 2 fully saturated rings. The summed E-state index contributed by atoms with van der Waals surface area (Å²) in [5.74, 6) is 0. The number of carbonyl (C=O) groups excluding carboxylic acids is 1. The van der Waals surface area contributed by atoms with E-state index in [9.17, 15) is 4.79 Å². The van der Waals surface area contributed by atoms with Crippen molar-refractivity contribution in [3.05, 3.63) is 65.3 Å². The maximum atomic E-state index is 11.5. The van der Waals surface area contributed by atoms with Gasteiger partial charge in [-0.1, -0.05) is 54.1 Å². The van der Waals surface area contributed by atoms with Crippen LogP contribution in [0.1, 0.15) is 25.0 Å². The molecule has 0 aliphatic carbocycles. The summed E-state index contributed by atoms with van der Waals surface area (Å²) in [7, 11) is 0. The topological polar surface area (TPSA) is 42.0 Å². The molecule has 0 bridgehead atoms. The van der Waals surface area contributed by atoms with Crippen molar-refractivity contribution in [3.63, 3.8) is 0 Å². The molecule has 3 rings (SSSR count). The fraction of sp³-hybridized carbons (Fsp3) is 0.435. The van der Waals surface area contributed by atoms with Gasteiger partial charge >= 0.3 is 6.09 Å². The van der Waals surface area contributed by atoms with Crippen molar-refractivity contribution in [1.29, 1.82) is 0 Å². The Morgan fingerprint density at radius 2 is 1.71 bits per heavy atom. The average Bonchev–Trinajstić information content (AvgIpc) is 3.11. The quantitative estimate of drug-likeness (QED) is 0.671. The number of ether oxygens (including phenoxy) is 2. The summed E-state index contributed by atoms with van der Waals surface area (Å²) >= 11 is 0. The van der Waals surface area contributed by atoms with Crippen LogP contribution in [0.25, 0.3) is 5.57 Å². The minimum Gasteiger partial charge on any atom is -0.448 e. The van der Waals surface area contributed by atoms with Gasteiger partial charge in [0.05, 0.1) is 19.8 Å². The molecule has 0 spiro atoms. The van der Waals surface area contributed by atoms with E-state index in [2.05, 4.69) is 67.3 Å². The molecule has 0 unspecified atom stereocenters. The zero-order valence-electron chi connectivity index (χ0n) is 16.9. The normalized spacial score (nSPS) is 19.5. The molecule has 1 amide bonds. The smallest absolute Gasteiger partial charge is 0.410 e. The third kappa shape index (κ3) is 6.08. The monoisotopic (exact) mass is 382 g/mol. The van der Waals surface area contributed by atoms with Crippen LogP contribution in [0.4, 0.5) is 4.79 Å². The number of hydrogen-bond donors (Lipinski definition) is 0. The van der Waals surface area contributed by atoms with Gasteiger partial charge in [0, 0.05) is 26.2 Å². The third-order valence-electron chi connectivity index (χ3n) is 5.04. The fourth-order valence-electron chi connectivity index (χ4n) is 3.34. The van der Waals surface area contributed by atoms with Crippen LogP contribution in [-0.4, -0.2) is 61.9 Å². The molecule has 0 atom stereocenters. The van der Waals surface area contributed by atoms with Crippen LogP contribution in [0, 0.1) is 0 Å². The summed E-state index contributed by atoms with van der Waals surface area (Å²) < 4.78 is 10.4. The highest BCUT2D eigenvalue weighted by Gasteiger charge is 2.21. The summed E-state index contributed by atoms with van der Waals surface area (Å²) in [6.07, 6.45) is 8.28. The van der Waals surface area contributed by atoms with Crippen LogP contribution < -0.4 is 0 Å². The average molecular weight is 383 g/mol. The van der Waals surface area contributed by atoms with E-state index in [0.717, 1.165) is 38.4 Å². The number of morpholine rings is 1.